The van der Waals surface area contributed by atoms with Crippen molar-refractivity contribution in [2.45, 2.75) is 13.1 Å². The average molecular weight is 321 g/mol. The Hall–Kier alpha value is -1.52. The van der Waals surface area contributed by atoms with Crippen molar-refractivity contribution in [3.05, 3.63) is 58.1 Å². The lowest BCUT2D eigenvalue weighted by Crippen LogP contribution is -2.13. The normalized spacial score (nSPS) is 10.4. The van der Waals surface area contributed by atoms with E-state index in [0.29, 0.717) is 0 Å². The summed E-state index contributed by atoms with van der Waals surface area (Å²) in [6.45, 7) is 1.56. The van der Waals surface area contributed by atoms with Crippen molar-refractivity contribution in [2.75, 3.05) is 12.8 Å². The van der Waals surface area contributed by atoms with Crippen molar-refractivity contribution in [1.82, 2.24) is 5.32 Å². The van der Waals surface area contributed by atoms with Gasteiger partial charge in [0, 0.05) is 28.8 Å². The lowest BCUT2D eigenvalue weighted by atomic mass is 10.2. The van der Waals surface area contributed by atoms with Gasteiger partial charge in [0.15, 0.2) is 0 Å². The molecule has 0 heterocycles. The number of ether oxygens (including phenoxy) is 1. The number of hydrogen-bond donors (Lipinski definition) is 2. The average Bonchev–Trinajstić information content (AvgIpc) is 2.41. The molecule has 2 aromatic rings. The van der Waals surface area contributed by atoms with Gasteiger partial charge >= 0.3 is 0 Å². The second-order valence-corrected chi connectivity index (χ2v) is 5.22. The van der Waals surface area contributed by atoms with Gasteiger partial charge < -0.3 is 15.8 Å². The van der Waals surface area contributed by atoms with Crippen LogP contribution in [0.1, 0.15) is 11.1 Å². The maximum atomic E-state index is 5.66. The molecule has 0 aliphatic rings. The Kier molecular flexibility index (Phi) is 4.82. The fourth-order valence-electron chi connectivity index (χ4n) is 1.86. The number of rotatable bonds is 5. The minimum atomic E-state index is 0.757. The number of nitrogen functional groups attached to an aromatic ring is 1. The van der Waals surface area contributed by atoms with Crippen LogP contribution in [0.5, 0.6) is 5.75 Å². The molecule has 3 N–H and O–H groups in total. The highest BCUT2D eigenvalue weighted by Gasteiger charge is 2.03. The van der Waals surface area contributed by atoms with E-state index in [-0.39, 0.29) is 0 Å². The van der Waals surface area contributed by atoms with Crippen LogP contribution in [0.4, 0.5) is 5.69 Å². The summed E-state index contributed by atoms with van der Waals surface area (Å²) in [6, 6.07) is 13.9. The van der Waals surface area contributed by atoms with Crippen LogP contribution in [0.15, 0.2) is 46.9 Å². The molecule has 0 spiro atoms. The third-order valence-electron chi connectivity index (χ3n) is 2.87. The third kappa shape index (κ3) is 3.98. The first-order valence-electron chi connectivity index (χ1n) is 6.06. The molecule has 0 unspecified atom stereocenters. The molecule has 0 saturated carbocycles. The zero-order valence-corrected chi connectivity index (χ0v) is 12.4. The molecule has 0 fully saturated rings. The van der Waals surface area contributed by atoms with Crippen molar-refractivity contribution in [3.63, 3.8) is 0 Å². The SMILES string of the molecule is COc1ccc(Br)cc1CNCc1ccc(N)cc1. The summed E-state index contributed by atoms with van der Waals surface area (Å²) in [6.07, 6.45) is 0. The van der Waals surface area contributed by atoms with Gasteiger partial charge in [0.25, 0.3) is 0 Å². The number of hydrogen-bond acceptors (Lipinski definition) is 3. The maximum absolute atomic E-state index is 5.66. The van der Waals surface area contributed by atoms with E-state index in [1.165, 1.54) is 5.56 Å². The highest BCUT2D eigenvalue weighted by Crippen LogP contribution is 2.22. The number of anilines is 1. The van der Waals surface area contributed by atoms with Gasteiger partial charge in [-0.05, 0) is 35.9 Å². The van der Waals surface area contributed by atoms with Gasteiger partial charge in [-0.3, -0.25) is 0 Å². The predicted molar refractivity (Wildman–Crippen MR) is 82.1 cm³/mol. The zero-order valence-electron chi connectivity index (χ0n) is 10.8. The first kappa shape index (κ1) is 13.9. The summed E-state index contributed by atoms with van der Waals surface area (Å²) >= 11 is 3.47. The van der Waals surface area contributed by atoms with Gasteiger partial charge in [-0.25, -0.2) is 0 Å². The number of methoxy groups -OCH3 is 1. The molecular weight excluding hydrogens is 304 g/mol. The smallest absolute Gasteiger partial charge is 0.123 e. The molecule has 4 heteroatoms. The first-order chi connectivity index (χ1) is 9.19. The van der Waals surface area contributed by atoms with Crippen LogP contribution < -0.4 is 15.8 Å². The zero-order chi connectivity index (χ0) is 13.7. The third-order valence-corrected chi connectivity index (χ3v) is 3.36. The summed E-state index contributed by atoms with van der Waals surface area (Å²) < 4.78 is 6.39. The summed E-state index contributed by atoms with van der Waals surface area (Å²) in [7, 11) is 1.69. The minimum Gasteiger partial charge on any atom is -0.496 e. The van der Waals surface area contributed by atoms with Gasteiger partial charge in [-0.2, -0.15) is 0 Å². The highest BCUT2D eigenvalue weighted by atomic mass is 79.9. The first-order valence-corrected chi connectivity index (χ1v) is 6.86. The van der Waals surface area contributed by atoms with Crippen molar-refractivity contribution >= 4 is 21.6 Å². The fourth-order valence-corrected chi connectivity index (χ4v) is 2.27. The molecule has 19 heavy (non-hydrogen) atoms. The number of nitrogens with one attached hydrogen (secondary N) is 1. The number of halogens is 1. The largest absolute Gasteiger partial charge is 0.496 e. The highest BCUT2D eigenvalue weighted by molar-refractivity contribution is 9.10. The lowest BCUT2D eigenvalue weighted by molar-refractivity contribution is 0.407. The molecule has 100 valence electrons. The summed E-state index contributed by atoms with van der Waals surface area (Å²) in [5.41, 5.74) is 8.79. The van der Waals surface area contributed by atoms with Gasteiger partial charge in [-0.15, -0.1) is 0 Å². The van der Waals surface area contributed by atoms with E-state index in [4.69, 9.17) is 10.5 Å². The molecule has 0 atom stereocenters. The molecule has 0 saturated heterocycles. The second kappa shape index (κ2) is 6.59. The minimum absolute atomic E-state index is 0.757. The maximum Gasteiger partial charge on any atom is 0.123 e. The molecule has 0 aliphatic heterocycles. The van der Waals surface area contributed by atoms with E-state index in [1.54, 1.807) is 7.11 Å². The van der Waals surface area contributed by atoms with Crippen LogP contribution in [0.2, 0.25) is 0 Å². The number of nitrogens with two attached hydrogens (primary N) is 1. The van der Waals surface area contributed by atoms with Gasteiger partial charge in [0.2, 0.25) is 0 Å². The van der Waals surface area contributed by atoms with Crippen LogP contribution in [0.3, 0.4) is 0 Å². The van der Waals surface area contributed by atoms with Crippen LogP contribution in [0.25, 0.3) is 0 Å². The molecule has 3 nitrogen and oxygen atoms in total. The predicted octanol–water partition coefficient (Wildman–Crippen LogP) is 3.33. The Morgan fingerprint density at radius 3 is 2.53 bits per heavy atom. The van der Waals surface area contributed by atoms with Crippen LogP contribution >= 0.6 is 15.9 Å². The van der Waals surface area contributed by atoms with Crippen LogP contribution in [0, 0.1) is 0 Å². The van der Waals surface area contributed by atoms with Gasteiger partial charge in [0.05, 0.1) is 7.11 Å². The number of benzene rings is 2. The van der Waals surface area contributed by atoms with Gasteiger partial charge in [0.1, 0.15) is 5.75 Å². The lowest BCUT2D eigenvalue weighted by Gasteiger charge is -2.10. The molecule has 0 radical (unpaired) electrons. The van der Waals surface area contributed by atoms with E-state index >= 15 is 0 Å². The van der Waals surface area contributed by atoms with Crippen LogP contribution in [-0.2, 0) is 13.1 Å². The van der Waals surface area contributed by atoms with Crippen molar-refractivity contribution in [3.8, 4) is 5.75 Å². The van der Waals surface area contributed by atoms with Crippen molar-refractivity contribution in [1.29, 1.82) is 0 Å². The quantitative estimate of drug-likeness (QED) is 0.831. The molecule has 2 rings (SSSR count). The molecule has 0 aliphatic carbocycles. The van der Waals surface area contributed by atoms with E-state index in [1.807, 2.05) is 36.4 Å². The molecule has 2 aromatic carbocycles. The summed E-state index contributed by atoms with van der Waals surface area (Å²) in [4.78, 5) is 0. The Balaban J connectivity index is 1.95. The van der Waals surface area contributed by atoms with Crippen molar-refractivity contribution in [2.24, 2.45) is 0 Å². The van der Waals surface area contributed by atoms with E-state index in [2.05, 4.69) is 27.3 Å². The summed E-state index contributed by atoms with van der Waals surface area (Å²) in [5.74, 6) is 0.896. The Labute approximate surface area is 121 Å². The summed E-state index contributed by atoms with van der Waals surface area (Å²) in [5, 5.41) is 3.40. The molecule has 0 bridgehead atoms. The standard InChI is InChI=1S/C15H17BrN2O/c1-19-15-7-4-13(16)8-12(15)10-18-9-11-2-5-14(17)6-3-11/h2-8,18H,9-10,17H2,1H3. The van der Waals surface area contributed by atoms with E-state index in [9.17, 15) is 0 Å². The molecular formula is C15H17BrN2O. The fraction of sp³-hybridized carbons (Fsp3) is 0.200. The Morgan fingerprint density at radius 2 is 1.84 bits per heavy atom. The topological polar surface area (TPSA) is 47.3 Å². The molecule has 0 aromatic heterocycles. The molecule has 0 amide bonds. The Morgan fingerprint density at radius 1 is 1.11 bits per heavy atom. The van der Waals surface area contributed by atoms with Crippen molar-refractivity contribution < 1.29 is 4.74 Å². The second-order valence-electron chi connectivity index (χ2n) is 4.30. The monoisotopic (exact) mass is 320 g/mol. The van der Waals surface area contributed by atoms with Gasteiger partial charge in [-0.1, -0.05) is 28.1 Å². The Bertz CT molecular complexity index is 540. The van der Waals surface area contributed by atoms with Crippen LogP contribution in [-0.4, -0.2) is 7.11 Å². The van der Waals surface area contributed by atoms with E-state index < -0.39 is 0 Å². The van der Waals surface area contributed by atoms with E-state index in [0.717, 1.165) is 34.6 Å².